The molecule has 0 spiro atoms. The van der Waals surface area contributed by atoms with E-state index < -0.39 is 18.1 Å². The summed E-state index contributed by atoms with van der Waals surface area (Å²) in [6, 6.07) is 5.47. The predicted molar refractivity (Wildman–Crippen MR) is 106 cm³/mol. The third-order valence-corrected chi connectivity index (χ3v) is 5.51. The number of carboxylic acid groups (broad SMARTS) is 1. The number of nitrogens with zero attached hydrogens (tertiary/aromatic N) is 2. The average molecular weight is 406 g/mol. The van der Waals surface area contributed by atoms with Gasteiger partial charge in [-0.15, -0.1) is 0 Å². The molecule has 2 heterocycles. The minimum absolute atomic E-state index is 0.185. The van der Waals surface area contributed by atoms with Crippen LogP contribution in [0.5, 0.6) is 0 Å². The second-order valence-corrected chi connectivity index (χ2v) is 7.95. The van der Waals surface area contributed by atoms with Crippen molar-refractivity contribution in [1.82, 2.24) is 14.8 Å². The summed E-state index contributed by atoms with van der Waals surface area (Å²) in [6.07, 6.45) is 1.08. The Morgan fingerprint density at radius 1 is 1.25 bits per heavy atom. The number of benzene rings is 1. The van der Waals surface area contributed by atoms with Gasteiger partial charge in [-0.05, 0) is 43.0 Å². The standard InChI is InChI=1S/C20H24ClN3O4/c1-11(2)17(19(26)24-8-4-5-15(24)20(27)28)22-18(25)16-10-12-9-13(21)6-7-14(12)23(16)3/h6-7,9-11,15,17H,4-5,8H2,1-3H3,(H,22,25)(H,27,28)/t15-,17-/m0/s1. The van der Waals surface area contributed by atoms with Crippen LogP contribution in [-0.4, -0.2) is 51.0 Å². The summed E-state index contributed by atoms with van der Waals surface area (Å²) in [6.45, 7) is 4.05. The van der Waals surface area contributed by atoms with E-state index in [9.17, 15) is 19.5 Å². The fourth-order valence-electron chi connectivity index (χ4n) is 3.73. The number of carboxylic acids is 1. The molecule has 0 saturated carbocycles. The van der Waals surface area contributed by atoms with Gasteiger partial charge in [-0.1, -0.05) is 25.4 Å². The van der Waals surface area contributed by atoms with Crippen LogP contribution >= 0.6 is 11.6 Å². The van der Waals surface area contributed by atoms with Crippen molar-refractivity contribution < 1.29 is 19.5 Å². The van der Waals surface area contributed by atoms with Crippen LogP contribution in [0.4, 0.5) is 0 Å². The molecule has 28 heavy (non-hydrogen) atoms. The van der Waals surface area contributed by atoms with Crippen molar-refractivity contribution in [2.75, 3.05) is 6.54 Å². The number of amides is 2. The molecule has 2 atom stereocenters. The van der Waals surface area contributed by atoms with Gasteiger partial charge in [0.25, 0.3) is 5.91 Å². The lowest BCUT2D eigenvalue weighted by Gasteiger charge is -2.29. The lowest BCUT2D eigenvalue weighted by atomic mass is 10.0. The first kappa shape index (κ1) is 20.2. The maximum absolute atomic E-state index is 13.0. The Morgan fingerprint density at radius 3 is 2.61 bits per heavy atom. The van der Waals surface area contributed by atoms with Crippen molar-refractivity contribution in [3.8, 4) is 0 Å². The van der Waals surface area contributed by atoms with E-state index in [0.29, 0.717) is 30.1 Å². The van der Waals surface area contributed by atoms with Crippen LogP contribution in [0.1, 0.15) is 37.2 Å². The highest BCUT2D eigenvalue weighted by Gasteiger charge is 2.38. The average Bonchev–Trinajstić information content (AvgIpc) is 3.23. The van der Waals surface area contributed by atoms with E-state index in [4.69, 9.17) is 11.6 Å². The van der Waals surface area contributed by atoms with E-state index >= 15 is 0 Å². The van der Waals surface area contributed by atoms with Gasteiger partial charge < -0.3 is 19.9 Å². The Labute approximate surface area is 168 Å². The van der Waals surface area contributed by atoms with Gasteiger partial charge in [0.15, 0.2) is 0 Å². The second-order valence-electron chi connectivity index (χ2n) is 7.51. The van der Waals surface area contributed by atoms with Gasteiger partial charge in [0.1, 0.15) is 17.8 Å². The van der Waals surface area contributed by atoms with Crippen molar-refractivity contribution in [3.05, 3.63) is 35.0 Å². The molecule has 2 amide bonds. The van der Waals surface area contributed by atoms with Crippen molar-refractivity contribution in [3.63, 3.8) is 0 Å². The molecule has 2 N–H and O–H groups in total. The molecule has 0 bridgehead atoms. The van der Waals surface area contributed by atoms with E-state index in [-0.39, 0.29) is 17.7 Å². The summed E-state index contributed by atoms with van der Waals surface area (Å²) < 4.78 is 1.75. The fraction of sp³-hybridized carbons (Fsp3) is 0.450. The molecule has 1 aromatic carbocycles. The van der Waals surface area contributed by atoms with Gasteiger partial charge in [-0.2, -0.15) is 0 Å². The first-order valence-electron chi connectivity index (χ1n) is 9.30. The molecule has 1 aliphatic heterocycles. The Hall–Kier alpha value is -2.54. The molecule has 3 rings (SSSR count). The lowest BCUT2D eigenvalue weighted by Crippen LogP contribution is -2.53. The van der Waals surface area contributed by atoms with E-state index in [2.05, 4.69) is 5.32 Å². The first-order valence-corrected chi connectivity index (χ1v) is 9.67. The van der Waals surface area contributed by atoms with Gasteiger partial charge in [-0.3, -0.25) is 9.59 Å². The monoisotopic (exact) mass is 405 g/mol. The summed E-state index contributed by atoms with van der Waals surface area (Å²) in [5, 5.41) is 13.6. The number of carbonyl (C=O) groups is 3. The number of likely N-dealkylation sites (tertiary alicyclic amines) is 1. The Bertz CT molecular complexity index is 937. The van der Waals surface area contributed by atoms with Crippen LogP contribution in [0.3, 0.4) is 0 Å². The molecule has 8 heteroatoms. The smallest absolute Gasteiger partial charge is 0.326 e. The van der Waals surface area contributed by atoms with Gasteiger partial charge >= 0.3 is 5.97 Å². The molecule has 1 fully saturated rings. The molecule has 2 aromatic rings. The zero-order chi connectivity index (χ0) is 20.6. The van der Waals surface area contributed by atoms with Gasteiger partial charge in [0.05, 0.1) is 0 Å². The largest absolute Gasteiger partial charge is 0.480 e. The normalized spacial score (nSPS) is 17.9. The highest BCUT2D eigenvalue weighted by molar-refractivity contribution is 6.31. The van der Waals surface area contributed by atoms with Crippen molar-refractivity contribution in [1.29, 1.82) is 0 Å². The summed E-state index contributed by atoms with van der Waals surface area (Å²) in [7, 11) is 1.78. The Kier molecular flexibility index (Phi) is 5.65. The van der Waals surface area contributed by atoms with Gasteiger partial charge in [0.2, 0.25) is 5.91 Å². The lowest BCUT2D eigenvalue weighted by molar-refractivity contribution is -0.149. The van der Waals surface area contributed by atoms with Crippen LogP contribution in [0.15, 0.2) is 24.3 Å². The Balaban J connectivity index is 1.85. The van der Waals surface area contributed by atoms with E-state index in [0.717, 1.165) is 10.9 Å². The minimum Gasteiger partial charge on any atom is -0.480 e. The first-order chi connectivity index (χ1) is 13.2. The van der Waals surface area contributed by atoms with Crippen LogP contribution < -0.4 is 5.32 Å². The molecular formula is C20H24ClN3O4. The summed E-state index contributed by atoms with van der Waals surface area (Å²) in [5.74, 6) is -1.93. The zero-order valence-corrected chi connectivity index (χ0v) is 16.9. The van der Waals surface area contributed by atoms with E-state index in [1.807, 2.05) is 19.9 Å². The molecule has 0 radical (unpaired) electrons. The highest BCUT2D eigenvalue weighted by atomic mass is 35.5. The van der Waals surface area contributed by atoms with Crippen molar-refractivity contribution in [2.45, 2.75) is 38.8 Å². The number of aliphatic carboxylic acids is 1. The van der Waals surface area contributed by atoms with Crippen molar-refractivity contribution >= 4 is 40.3 Å². The molecule has 150 valence electrons. The van der Waals surface area contributed by atoms with Gasteiger partial charge in [-0.25, -0.2) is 4.79 Å². The van der Waals surface area contributed by atoms with Crippen LogP contribution in [-0.2, 0) is 16.6 Å². The topological polar surface area (TPSA) is 91.6 Å². The molecule has 0 unspecified atom stereocenters. The summed E-state index contributed by atoms with van der Waals surface area (Å²) >= 11 is 6.03. The molecule has 1 aromatic heterocycles. The maximum Gasteiger partial charge on any atom is 0.326 e. The summed E-state index contributed by atoms with van der Waals surface area (Å²) in [5.41, 5.74) is 1.26. The molecule has 7 nitrogen and oxygen atoms in total. The predicted octanol–water partition coefficient (Wildman–Crippen LogP) is 2.66. The number of rotatable bonds is 5. The van der Waals surface area contributed by atoms with E-state index in [1.165, 1.54) is 4.90 Å². The molecular weight excluding hydrogens is 382 g/mol. The number of halogens is 1. The number of aromatic nitrogens is 1. The quantitative estimate of drug-likeness (QED) is 0.799. The summed E-state index contributed by atoms with van der Waals surface area (Å²) in [4.78, 5) is 38.7. The minimum atomic E-state index is -1.01. The van der Waals surface area contributed by atoms with Crippen LogP contribution in [0.25, 0.3) is 10.9 Å². The van der Waals surface area contributed by atoms with Crippen LogP contribution in [0, 0.1) is 5.92 Å². The Morgan fingerprint density at radius 2 is 1.96 bits per heavy atom. The third-order valence-electron chi connectivity index (χ3n) is 5.28. The van der Waals surface area contributed by atoms with Gasteiger partial charge in [0, 0.05) is 29.5 Å². The van der Waals surface area contributed by atoms with Crippen molar-refractivity contribution in [2.24, 2.45) is 13.0 Å². The maximum atomic E-state index is 13.0. The molecule has 1 aliphatic rings. The SMILES string of the molecule is CC(C)[C@H](NC(=O)c1cc2cc(Cl)ccc2n1C)C(=O)N1CCC[C@H]1C(=O)O. The van der Waals surface area contributed by atoms with Crippen LogP contribution in [0.2, 0.25) is 5.02 Å². The second kappa shape index (κ2) is 7.83. The number of hydrogen-bond acceptors (Lipinski definition) is 3. The number of hydrogen-bond donors (Lipinski definition) is 2. The number of nitrogens with one attached hydrogen (secondary N) is 1. The number of fused-ring (bicyclic) bond motifs is 1. The molecule has 0 aliphatic carbocycles. The highest BCUT2D eigenvalue weighted by Crippen LogP contribution is 2.24. The molecule has 1 saturated heterocycles. The zero-order valence-electron chi connectivity index (χ0n) is 16.1. The number of carbonyl (C=O) groups excluding carboxylic acids is 2. The van der Waals surface area contributed by atoms with E-state index in [1.54, 1.807) is 29.8 Å². The number of aryl methyl sites for hydroxylation is 1. The third kappa shape index (κ3) is 3.71. The fourth-order valence-corrected chi connectivity index (χ4v) is 3.91.